The Bertz CT molecular complexity index is 272. The van der Waals surface area contributed by atoms with Gasteiger partial charge in [-0.25, -0.2) is 0 Å². The lowest BCUT2D eigenvalue weighted by Crippen LogP contribution is -2.34. The van der Waals surface area contributed by atoms with E-state index in [-0.39, 0.29) is 43.1 Å². The van der Waals surface area contributed by atoms with E-state index in [1.807, 2.05) is 6.92 Å². The van der Waals surface area contributed by atoms with Gasteiger partial charge in [0.1, 0.15) is 12.2 Å². The quantitative estimate of drug-likeness (QED) is 0.654. The van der Waals surface area contributed by atoms with Gasteiger partial charge in [0.15, 0.2) is 6.29 Å². The zero-order valence-electron chi connectivity index (χ0n) is 9.42. The molecule has 16 heavy (non-hydrogen) atoms. The second-order valence-electron chi connectivity index (χ2n) is 4.00. The Kier molecular flexibility index (Phi) is 3.44. The average Bonchev–Trinajstić information content (AvgIpc) is 2.77. The van der Waals surface area contributed by atoms with Crippen LogP contribution in [-0.4, -0.2) is 50.3 Å². The van der Waals surface area contributed by atoms with Crippen LogP contribution >= 0.6 is 0 Å². The Labute approximate surface area is 94.0 Å². The van der Waals surface area contributed by atoms with Crippen molar-refractivity contribution in [2.45, 2.75) is 44.1 Å². The third kappa shape index (κ3) is 2.06. The molecule has 2 aliphatic heterocycles. The summed E-state index contributed by atoms with van der Waals surface area (Å²) >= 11 is 0. The van der Waals surface area contributed by atoms with E-state index in [0.29, 0.717) is 6.54 Å². The van der Waals surface area contributed by atoms with Gasteiger partial charge in [0.2, 0.25) is 0 Å². The zero-order chi connectivity index (χ0) is 11.7. The molecule has 2 saturated heterocycles. The fourth-order valence-electron chi connectivity index (χ4n) is 2.21. The van der Waals surface area contributed by atoms with Crippen molar-refractivity contribution < 1.29 is 23.7 Å². The Morgan fingerprint density at radius 3 is 2.44 bits per heavy atom. The van der Waals surface area contributed by atoms with Gasteiger partial charge >= 0.3 is 5.97 Å². The smallest absolute Gasteiger partial charge is 0.308 e. The van der Waals surface area contributed by atoms with Crippen molar-refractivity contribution in [2.24, 2.45) is 5.73 Å². The van der Waals surface area contributed by atoms with Crippen LogP contribution in [0.3, 0.4) is 0 Å². The number of hydrogen-bond acceptors (Lipinski definition) is 6. The van der Waals surface area contributed by atoms with Crippen molar-refractivity contribution in [3.05, 3.63) is 0 Å². The maximum atomic E-state index is 11.2. The molecule has 2 rings (SSSR count). The molecule has 92 valence electrons. The number of nitrogens with two attached hydrogens (primary N) is 1. The van der Waals surface area contributed by atoms with Crippen LogP contribution in [0.15, 0.2) is 0 Å². The van der Waals surface area contributed by atoms with Crippen molar-refractivity contribution >= 4 is 5.97 Å². The summed E-state index contributed by atoms with van der Waals surface area (Å²) < 4.78 is 21.4. The first kappa shape index (κ1) is 11.8. The zero-order valence-corrected chi connectivity index (χ0v) is 9.42. The van der Waals surface area contributed by atoms with Crippen LogP contribution in [-0.2, 0) is 23.7 Å². The van der Waals surface area contributed by atoms with E-state index in [0.717, 1.165) is 0 Å². The molecule has 0 aromatic heterocycles. The summed E-state index contributed by atoms with van der Waals surface area (Å²) in [5, 5.41) is 0. The topological polar surface area (TPSA) is 80.0 Å². The highest BCUT2D eigenvalue weighted by Crippen LogP contribution is 2.34. The molecule has 0 aromatic carbocycles. The van der Waals surface area contributed by atoms with Crippen LogP contribution in [0.4, 0.5) is 0 Å². The fourth-order valence-corrected chi connectivity index (χ4v) is 2.21. The van der Waals surface area contributed by atoms with Crippen molar-refractivity contribution in [3.8, 4) is 0 Å². The summed E-state index contributed by atoms with van der Waals surface area (Å²) in [5.74, 6) is -0.315. The Balaban J connectivity index is 2.02. The van der Waals surface area contributed by atoms with Crippen LogP contribution in [0.1, 0.15) is 13.3 Å². The maximum absolute atomic E-state index is 11.2. The first-order chi connectivity index (χ1) is 7.65. The normalized spacial score (nSPS) is 42.1. The van der Waals surface area contributed by atoms with E-state index < -0.39 is 0 Å². The standard InChI is InChI=1S/C10H17NO5/c1-5-14-9-6(3-8(12)13-2)16-7(4-11)10(9)15-5/h5-7,9-10H,3-4,11H2,1-2H3/t5?,6-,7+,9?,10+/m0/s1. The van der Waals surface area contributed by atoms with E-state index >= 15 is 0 Å². The number of fused-ring (bicyclic) bond motifs is 1. The molecule has 0 aliphatic carbocycles. The monoisotopic (exact) mass is 231 g/mol. The summed E-state index contributed by atoms with van der Waals surface area (Å²) in [7, 11) is 1.35. The Morgan fingerprint density at radius 2 is 1.88 bits per heavy atom. The SMILES string of the molecule is COC(=O)C[C@@H]1O[C@H](CN)[C@H]2OC(C)OC12. The van der Waals surface area contributed by atoms with Gasteiger partial charge in [-0.1, -0.05) is 0 Å². The van der Waals surface area contributed by atoms with E-state index in [1.54, 1.807) is 0 Å². The van der Waals surface area contributed by atoms with Crippen LogP contribution < -0.4 is 5.73 Å². The van der Waals surface area contributed by atoms with Crippen molar-refractivity contribution in [1.82, 2.24) is 0 Å². The lowest BCUT2D eigenvalue weighted by atomic mass is 10.1. The molecule has 6 nitrogen and oxygen atoms in total. The summed E-state index contributed by atoms with van der Waals surface area (Å²) in [4.78, 5) is 11.2. The van der Waals surface area contributed by atoms with Crippen molar-refractivity contribution in [3.63, 3.8) is 0 Å². The lowest BCUT2D eigenvalue weighted by molar-refractivity contribution is -0.150. The Morgan fingerprint density at radius 1 is 1.25 bits per heavy atom. The average molecular weight is 231 g/mol. The molecular formula is C10H17NO5. The van der Waals surface area contributed by atoms with Crippen LogP contribution in [0.2, 0.25) is 0 Å². The number of carbonyl (C=O) groups excluding carboxylic acids is 1. The molecule has 2 unspecified atom stereocenters. The highest BCUT2D eigenvalue weighted by molar-refractivity contribution is 5.70. The Hall–Kier alpha value is -0.690. The highest BCUT2D eigenvalue weighted by Gasteiger charge is 2.51. The highest BCUT2D eigenvalue weighted by atomic mass is 16.8. The second kappa shape index (κ2) is 4.67. The molecular weight excluding hydrogens is 214 g/mol. The maximum Gasteiger partial charge on any atom is 0.308 e. The van der Waals surface area contributed by atoms with Gasteiger partial charge in [0, 0.05) is 6.54 Å². The molecule has 2 heterocycles. The number of methoxy groups -OCH3 is 1. The van der Waals surface area contributed by atoms with E-state index in [9.17, 15) is 4.79 Å². The third-order valence-electron chi connectivity index (χ3n) is 2.93. The molecule has 0 spiro atoms. The van der Waals surface area contributed by atoms with Gasteiger partial charge in [-0.05, 0) is 6.92 Å². The lowest BCUT2D eigenvalue weighted by Gasteiger charge is -2.16. The first-order valence-electron chi connectivity index (χ1n) is 5.39. The number of carbonyl (C=O) groups is 1. The minimum atomic E-state index is -0.323. The number of ether oxygens (including phenoxy) is 4. The number of rotatable bonds is 3. The van der Waals surface area contributed by atoms with Crippen molar-refractivity contribution in [1.29, 1.82) is 0 Å². The second-order valence-corrected chi connectivity index (χ2v) is 4.00. The largest absolute Gasteiger partial charge is 0.469 e. The van der Waals surface area contributed by atoms with E-state index in [4.69, 9.17) is 19.9 Å². The minimum absolute atomic E-state index is 0.171. The van der Waals surface area contributed by atoms with Crippen LogP contribution in [0.5, 0.6) is 0 Å². The van der Waals surface area contributed by atoms with Gasteiger partial charge in [-0.3, -0.25) is 4.79 Å². The summed E-state index contributed by atoms with van der Waals surface area (Å²) in [6, 6.07) is 0. The first-order valence-corrected chi connectivity index (χ1v) is 5.39. The molecule has 0 aromatic rings. The summed E-state index contributed by atoms with van der Waals surface area (Å²) in [5.41, 5.74) is 5.58. The van der Waals surface area contributed by atoms with Gasteiger partial charge in [-0.2, -0.15) is 0 Å². The molecule has 0 radical (unpaired) electrons. The van der Waals surface area contributed by atoms with Gasteiger partial charge in [0.25, 0.3) is 0 Å². The molecule has 6 heteroatoms. The van der Waals surface area contributed by atoms with Gasteiger partial charge in [-0.15, -0.1) is 0 Å². The molecule has 2 N–H and O–H groups in total. The molecule has 2 aliphatic rings. The van der Waals surface area contributed by atoms with E-state index in [1.165, 1.54) is 7.11 Å². The summed E-state index contributed by atoms with van der Waals surface area (Å²) in [6.45, 7) is 2.18. The van der Waals surface area contributed by atoms with E-state index in [2.05, 4.69) is 4.74 Å². The van der Waals surface area contributed by atoms with Gasteiger partial charge < -0.3 is 24.7 Å². The number of esters is 1. The van der Waals surface area contributed by atoms with Crippen LogP contribution in [0.25, 0.3) is 0 Å². The molecule has 2 fully saturated rings. The molecule has 0 amide bonds. The van der Waals surface area contributed by atoms with Gasteiger partial charge in [0.05, 0.1) is 25.7 Å². The minimum Gasteiger partial charge on any atom is -0.469 e. The number of hydrogen-bond donors (Lipinski definition) is 1. The predicted octanol–water partition coefficient (Wildman–Crippen LogP) is -0.594. The summed E-state index contributed by atoms with van der Waals surface area (Å²) in [6.07, 6.45) is -1.02. The van der Waals surface area contributed by atoms with Crippen LogP contribution in [0, 0.1) is 0 Å². The molecule has 5 atom stereocenters. The third-order valence-corrected chi connectivity index (χ3v) is 2.93. The molecule has 0 bridgehead atoms. The fraction of sp³-hybridized carbons (Fsp3) is 0.900. The molecule has 0 saturated carbocycles. The predicted molar refractivity (Wildman–Crippen MR) is 53.6 cm³/mol. The van der Waals surface area contributed by atoms with Crippen molar-refractivity contribution in [2.75, 3.05) is 13.7 Å².